The summed E-state index contributed by atoms with van der Waals surface area (Å²) in [6.45, 7) is 12.1. The largest absolute Gasteiger partial charge is 0.371 e. The molecule has 10 rings (SSSR count). The zero-order valence-corrected chi connectivity index (χ0v) is 48.5. The van der Waals surface area contributed by atoms with Crippen LogP contribution in [-0.2, 0) is 9.59 Å². The van der Waals surface area contributed by atoms with Crippen molar-refractivity contribution in [3.63, 3.8) is 0 Å². The van der Waals surface area contributed by atoms with Crippen LogP contribution in [0.5, 0.6) is 0 Å². The topological polar surface area (TPSA) is 318 Å². The number of piperidine rings is 2. The predicted molar refractivity (Wildman–Crippen MR) is 329 cm³/mol. The molecule has 22 heteroatoms. The number of fused-ring (bicyclic) bond motifs is 2. The van der Waals surface area contributed by atoms with Gasteiger partial charge in [-0.05, 0) is 133 Å². The molecule has 2 fully saturated rings. The van der Waals surface area contributed by atoms with Gasteiger partial charge in [0.1, 0.15) is 52.3 Å². The van der Waals surface area contributed by atoms with E-state index in [4.69, 9.17) is 26.6 Å². The number of nitrogen functional groups attached to an aromatic ring is 2. The molecule has 1 amide bonds. The number of amides is 1. The molecule has 4 aromatic carbocycles. The Morgan fingerprint density at radius 1 is 0.600 bits per heavy atom. The quantitative estimate of drug-likeness (QED) is 0.0344. The Labute approximate surface area is 492 Å². The molecular formula is C63H71N17O5. The minimum atomic E-state index is -0.478. The molecule has 2 aliphatic rings. The summed E-state index contributed by atoms with van der Waals surface area (Å²) in [6.07, 6.45) is 7.34. The fourth-order valence-corrected chi connectivity index (χ4v) is 11.5. The molecule has 0 aliphatic carbocycles. The van der Waals surface area contributed by atoms with E-state index in [-0.39, 0.29) is 46.7 Å². The minimum Gasteiger partial charge on any atom is -0.371 e. The number of nitrogens with one attached hydrogen (secondary N) is 3. The van der Waals surface area contributed by atoms with Gasteiger partial charge in [0.25, 0.3) is 11.1 Å². The SMILES string of the molecule is CC[C@H](Nc1nc(N)nc(C)c1C#N)c1nc2cccc(N3CCC(CCC(=O)NO)CC3)c2c(=O)n1-c1ccccc1.CC[C@H](Nc1nc(N)nc(C)c1C#N)c1nc2cccc(N3CCC(CCC(C)=O)CC3)c2c(=O)n1-c1ccccc1. The Morgan fingerprint density at radius 3 is 1.36 bits per heavy atom. The van der Waals surface area contributed by atoms with Crippen LogP contribution in [-0.4, -0.2) is 82.1 Å². The highest BCUT2D eigenvalue weighted by Gasteiger charge is 2.29. The summed E-state index contributed by atoms with van der Waals surface area (Å²) in [7, 11) is 0. The third-order valence-electron chi connectivity index (χ3n) is 16.1. The second-order valence-electron chi connectivity index (χ2n) is 21.6. The molecule has 2 saturated heterocycles. The van der Waals surface area contributed by atoms with Crippen molar-refractivity contribution in [2.24, 2.45) is 11.8 Å². The van der Waals surface area contributed by atoms with Crippen LogP contribution in [0.3, 0.4) is 0 Å². The molecule has 0 spiro atoms. The molecular weight excluding hydrogens is 1070 g/mol. The summed E-state index contributed by atoms with van der Waals surface area (Å²) in [5.74, 6) is 2.45. The number of rotatable bonds is 18. The average Bonchev–Trinajstić information content (AvgIpc) is 3.69. The van der Waals surface area contributed by atoms with E-state index in [0.29, 0.717) is 111 Å². The summed E-state index contributed by atoms with van der Waals surface area (Å²) in [5, 5.41) is 36.1. The highest BCUT2D eigenvalue weighted by atomic mass is 16.5. The normalized spacial score (nSPS) is 14.4. The molecule has 0 saturated carbocycles. The zero-order valence-electron chi connectivity index (χ0n) is 48.5. The van der Waals surface area contributed by atoms with E-state index in [1.807, 2.05) is 111 Å². The number of carbonyl (C=O) groups is 2. The molecule has 8 aromatic rings. The van der Waals surface area contributed by atoms with Crippen molar-refractivity contribution in [1.29, 1.82) is 10.5 Å². The Hall–Kier alpha value is -9.80. The van der Waals surface area contributed by atoms with E-state index < -0.39 is 12.1 Å². The van der Waals surface area contributed by atoms with Gasteiger partial charge in [-0.2, -0.15) is 20.5 Å². The van der Waals surface area contributed by atoms with Crippen LogP contribution in [0.4, 0.5) is 34.9 Å². The Bertz CT molecular complexity index is 3940. The maximum atomic E-state index is 14.5. The van der Waals surface area contributed by atoms with Gasteiger partial charge in [-0.1, -0.05) is 62.4 Å². The third-order valence-corrected chi connectivity index (χ3v) is 16.1. The molecule has 0 radical (unpaired) electrons. The Kier molecular flexibility index (Phi) is 19.0. The third kappa shape index (κ3) is 13.4. The van der Waals surface area contributed by atoms with Gasteiger partial charge < -0.3 is 36.7 Å². The number of hydrogen-bond acceptors (Lipinski definition) is 19. The zero-order chi connectivity index (χ0) is 60.3. The first-order chi connectivity index (χ1) is 41.1. The van der Waals surface area contributed by atoms with Crippen LogP contribution >= 0.6 is 0 Å². The Morgan fingerprint density at radius 2 is 1.00 bits per heavy atom. The smallest absolute Gasteiger partial charge is 0.268 e. The van der Waals surface area contributed by atoms with E-state index in [1.54, 1.807) is 35.4 Å². The van der Waals surface area contributed by atoms with Crippen molar-refractivity contribution in [3.05, 3.63) is 152 Å². The number of nitriles is 2. The number of aromatic nitrogens is 8. The highest BCUT2D eigenvalue weighted by Crippen LogP contribution is 2.35. The average molecular weight is 1150 g/mol. The van der Waals surface area contributed by atoms with Crippen molar-refractivity contribution < 1.29 is 14.8 Å². The molecule has 8 N–H and O–H groups in total. The molecule has 0 bridgehead atoms. The number of hydrogen-bond donors (Lipinski definition) is 6. The molecule has 4 aromatic heterocycles. The number of para-hydroxylation sites is 2. The van der Waals surface area contributed by atoms with E-state index in [2.05, 4.69) is 52.5 Å². The van der Waals surface area contributed by atoms with E-state index in [1.165, 1.54) is 0 Å². The standard InChI is InChI=1S/C32H36N8O2.C31H35N9O3/c1-4-25(36-29-24(19-33)21(3)35-32(34)38-29)30-37-26-11-8-12-27(39-17-15-22(16-18-39)14-13-20(2)41)28(26)31(42)40(30)23-9-6-5-7-10-23;1-3-23(35-28-22(18-32)19(2)34-31(33)37-28)29-36-24-10-7-11-25(27(24)30(42)40(29)21-8-5-4-6-9-21)39-16-14-20(15-17-39)12-13-26(41)38-43/h5-12,22,25H,4,13-18H2,1-3H3,(H3,34,35,36,38);4-11,20,23,43H,3,12-17H2,1-2H3,(H,38,41)(H3,33,34,35,37)/t25-;23-/m00/s1. The van der Waals surface area contributed by atoms with Crippen molar-refractivity contribution in [3.8, 4) is 23.5 Å². The van der Waals surface area contributed by atoms with Crippen LogP contribution in [0.1, 0.15) is 131 Å². The molecule has 2 atom stereocenters. The van der Waals surface area contributed by atoms with Gasteiger partial charge in [0, 0.05) is 39.0 Å². The van der Waals surface area contributed by atoms with Gasteiger partial charge in [0.15, 0.2) is 0 Å². The lowest BCUT2D eigenvalue weighted by atomic mass is 9.91. The lowest BCUT2D eigenvalue weighted by Gasteiger charge is -2.34. The molecule has 85 heavy (non-hydrogen) atoms. The van der Waals surface area contributed by atoms with Crippen LogP contribution in [0.2, 0.25) is 0 Å². The number of benzene rings is 4. The maximum Gasteiger partial charge on any atom is 0.268 e. The summed E-state index contributed by atoms with van der Waals surface area (Å²) in [4.78, 5) is 83.4. The number of ketones is 1. The fraction of sp³-hybridized carbons (Fsp3) is 0.365. The fourth-order valence-electron chi connectivity index (χ4n) is 11.5. The summed E-state index contributed by atoms with van der Waals surface area (Å²) >= 11 is 0. The molecule has 2 aliphatic heterocycles. The second kappa shape index (κ2) is 27.1. The number of carbonyl (C=O) groups excluding carboxylic acids is 2. The van der Waals surface area contributed by atoms with Crippen LogP contribution in [0, 0.1) is 48.3 Å². The predicted octanol–water partition coefficient (Wildman–Crippen LogP) is 9.09. The van der Waals surface area contributed by atoms with Crippen molar-refractivity contribution in [2.75, 3.05) is 58.1 Å². The number of nitrogens with two attached hydrogens (primary N) is 2. The van der Waals surface area contributed by atoms with Crippen molar-refractivity contribution in [1.82, 2.24) is 44.5 Å². The minimum absolute atomic E-state index is 0.0471. The summed E-state index contributed by atoms with van der Waals surface area (Å²) < 4.78 is 3.30. The number of anilines is 6. The number of Topliss-reactive ketones (excluding diaryl/α,β-unsaturated/α-hetero) is 1. The first-order valence-electron chi connectivity index (χ1n) is 28.9. The van der Waals surface area contributed by atoms with E-state index in [0.717, 1.165) is 69.7 Å². The van der Waals surface area contributed by atoms with Crippen molar-refractivity contribution in [2.45, 2.75) is 111 Å². The van der Waals surface area contributed by atoms with Gasteiger partial charge >= 0.3 is 0 Å². The number of nitrogens with zero attached hydrogens (tertiary/aromatic N) is 12. The van der Waals surface area contributed by atoms with E-state index in [9.17, 15) is 29.7 Å². The molecule has 22 nitrogen and oxygen atoms in total. The summed E-state index contributed by atoms with van der Waals surface area (Å²) in [6, 6.07) is 33.8. The molecule has 438 valence electrons. The Balaban J connectivity index is 0.000000204. The van der Waals surface area contributed by atoms with Gasteiger partial charge in [-0.15, -0.1) is 0 Å². The van der Waals surface area contributed by atoms with Gasteiger partial charge in [0.05, 0.1) is 68.0 Å². The summed E-state index contributed by atoms with van der Waals surface area (Å²) in [5.41, 5.74) is 19.0. The van der Waals surface area contributed by atoms with Crippen LogP contribution in [0.25, 0.3) is 33.2 Å². The van der Waals surface area contributed by atoms with Gasteiger partial charge in [-0.25, -0.2) is 25.4 Å². The van der Waals surface area contributed by atoms with Crippen LogP contribution in [0.15, 0.2) is 107 Å². The monoisotopic (exact) mass is 1150 g/mol. The first-order valence-corrected chi connectivity index (χ1v) is 28.9. The van der Waals surface area contributed by atoms with Crippen LogP contribution < -0.4 is 48.5 Å². The van der Waals surface area contributed by atoms with Crippen molar-refractivity contribution >= 4 is 68.4 Å². The second-order valence-corrected chi connectivity index (χ2v) is 21.6. The molecule has 0 unspecified atom stereocenters. The van der Waals surface area contributed by atoms with Gasteiger partial charge in [0.2, 0.25) is 17.8 Å². The maximum absolute atomic E-state index is 14.5. The number of hydroxylamine groups is 1. The molecule has 6 heterocycles. The highest BCUT2D eigenvalue weighted by molar-refractivity contribution is 5.93. The van der Waals surface area contributed by atoms with E-state index >= 15 is 0 Å². The van der Waals surface area contributed by atoms with Gasteiger partial charge in [-0.3, -0.25) is 28.7 Å². The lowest BCUT2D eigenvalue weighted by molar-refractivity contribution is -0.129. The first kappa shape index (κ1) is 59.8. The number of aryl methyl sites for hydroxylation is 2. The lowest BCUT2D eigenvalue weighted by Crippen LogP contribution is -2.36.